The van der Waals surface area contributed by atoms with Crippen molar-refractivity contribution in [1.82, 2.24) is 4.98 Å². The third kappa shape index (κ3) is 2.50. The fourth-order valence-electron chi connectivity index (χ4n) is 1.13. The number of pyridine rings is 1. The number of nitriles is 1. The minimum Gasteiger partial charge on any atom is -0.358 e. The van der Waals surface area contributed by atoms with Crippen LogP contribution in [0.25, 0.3) is 0 Å². The summed E-state index contributed by atoms with van der Waals surface area (Å²) >= 11 is 0. The molecule has 18 heavy (non-hydrogen) atoms. The molecule has 0 amide bonds. The number of aromatic nitrogens is 1. The van der Waals surface area contributed by atoms with E-state index >= 15 is 0 Å². The molecule has 1 aromatic rings. The highest BCUT2D eigenvalue weighted by Crippen LogP contribution is 2.35. The molecule has 0 aliphatic rings. The summed E-state index contributed by atoms with van der Waals surface area (Å²) in [4.78, 5) is 11.4. The van der Waals surface area contributed by atoms with Gasteiger partial charge in [0.2, 0.25) is 0 Å². The first-order valence-electron chi connectivity index (χ1n) is 4.13. The fourth-order valence-corrected chi connectivity index (χ4v) is 1.13. The summed E-state index contributed by atoms with van der Waals surface area (Å²) in [6.45, 7) is 0. The Morgan fingerprint density at radius 1 is 1.44 bits per heavy atom. The van der Waals surface area contributed by atoms with E-state index in [-0.39, 0.29) is 6.07 Å². The first-order valence-corrected chi connectivity index (χ1v) is 4.13. The van der Waals surface area contributed by atoms with E-state index in [1.54, 1.807) is 0 Å². The van der Waals surface area contributed by atoms with Crippen LogP contribution in [0.15, 0.2) is 6.07 Å². The monoisotopic (exact) mass is 267 g/mol. The predicted molar refractivity (Wildman–Crippen MR) is 45.6 cm³/mol. The molecule has 5 nitrogen and oxygen atoms in total. The van der Waals surface area contributed by atoms with Crippen molar-refractivity contribution in [2.45, 2.75) is 12.6 Å². The van der Waals surface area contributed by atoms with E-state index in [9.17, 15) is 32.1 Å². The Morgan fingerprint density at radius 3 is 2.33 bits per heavy atom. The Labute approximate surface area is 95.6 Å². The molecule has 0 spiro atoms. The lowest BCUT2D eigenvalue weighted by molar-refractivity contribution is -0.391. The first-order chi connectivity index (χ1) is 8.18. The molecule has 96 valence electrons. The zero-order chi connectivity index (χ0) is 14.1. The minimum atomic E-state index is -5.14. The minimum absolute atomic E-state index is 0.124. The van der Waals surface area contributed by atoms with E-state index in [0.29, 0.717) is 0 Å². The number of nitro groups is 1. The lowest BCUT2D eigenvalue weighted by Gasteiger charge is -2.06. The summed E-state index contributed by atoms with van der Waals surface area (Å²) in [6, 6.07) is 1.15. The Bertz CT molecular complexity index is 535. The maximum atomic E-state index is 12.4. The summed E-state index contributed by atoms with van der Waals surface area (Å²) < 4.78 is 62.0. The van der Waals surface area contributed by atoms with E-state index < -0.39 is 40.2 Å². The van der Waals surface area contributed by atoms with Crippen molar-refractivity contribution in [1.29, 1.82) is 5.26 Å². The molecule has 0 bridgehead atoms. The quantitative estimate of drug-likeness (QED) is 0.468. The zero-order valence-electron chi connectivity index (χ0n) is 8.20. The fraction of sp³-hybridized carbons (Fsp3) is 0.250. The molecule has 0 aliphatic heterocycles. The summed E-state index contributed by atoms with van der Waals surface area (Å²) in [6.07, 6.45) is -8.55. The molecule has 0 radical (unpaired) electrons. The van der Waals surface area contributed by atoms with Crippen molar-refractivity contribution in [3.8, 4) is 6.07 Å². The van der Waals surface area contributed by atoms with Crippen LogP contribution >= 0.6 is 0 Å². The second kappa shape index (κ2) is 4.52. The Morgan fingerprint density at radius 2 is 2.00 bits per heavy atom. The third-order valence-electron chi connectivity index (χ3n) is 1.83. The SMILES string of the molecule is N#Cc1cc(C(F)F)c([N+](=O)[O-])nc1C(F)(F)F. The Balaban J connectivity index is 3.64. The smallest absolute Gasteiger partial charge is 0.358 e. The van der Waals surface area contributed by atoms with Crippen LogP contribution < -0.4 is 0 Å². The topological polar surface area (TPSA) is 79.8 Å². The van der Waals surface area contributed by atoms with Gasteiger partial charge in [-0.25, -0.2) is 8.78 Å². The van der Waals surface area contributed by atoms with Gasteiger partial charge < -0.3 is 10.1 Å². The molecule has 0 aliphatic carbocycles. The van der Waals surface area contributed by atoms with Gasteiger partial charge >= 0.3 is 12.0 Å². The number of nitrogens with zero attached hydrogens (tertiary/aromatic N) is 3. The summed E-state index contributed by atoms with van der Waals surface area (Å²) in [5.41, 5.74) is -4.38. The molecule has 10 heteroatoms. The number of rotatable bonds is 2. The average molecular weight is 267 g/mol. The van der Waals surface area contributed by atoms with Gasteiger partial charge in [0.25, 0.3) is 12.1 Å². The van der Waals surface area contributed by atoms with Gasteiger partial charge in [0.1, 0.15) is 17.2 Å². The molecule has 0 atom stereocenters. The van der Waals surface area contributed by atoms with Crippen LogP contribution in [0, 0.1) is 21.4 Å². The van der Waals surface area contributed by atoms with E-state index in [2.05, 4.69) is 4.98 Å². The molecule has 0 aromatic carbocycles. The second-order valence-electron chi connectivity index (χ2n) is 2.96. The van der Waals surface area contributed by atoms with Crippen molar-refractivity contribution in [3.63, 3.8) is 0 Å². The van der Waals surface area contributed by atoms with Crippen molar-refractivity contribution < 1.29 is 26.9 Å². The molecule has 0 N–H and O–H groups in total. The van der Waals surface area contributed by atoms with Gasteiger partial charge in [-0.3, -0.25) is 0 Å². The highest BCUT2D eigenvalue weighted by molar-refractivity contribution is 5.45. The molecule has 0 unspecified atom stereocenters. The summed E-state index contributed by atoms with van der Waals surface area (Å²) in [7, 11) is 0. The van der Waals surface area contributed by atoms with Crippen LogP contribution in [0.5, 0.6) is 0 Å². The van der Waals surface area contributed by atoms with Crippen molar-refractivity contribution in [2.24, 2.45) is 0 Å². The maximum absolute atomic E-state index is 12.4. The summed E-state index contributed by atoms with van der Waals surface area (Å²) in [5.74, 6) is -1.61. The van der Waals surface area contributed by atoms with Gasteiger partial charge in [0.05, 0.1) is 0 Å². The molecule has 1 rings (SSSR count). The van der Waals surface area contributed by atoms with Crippen LogP contribution in [-0.2, 0) is 6.18 Å². The molecule has 0 saturated heterocycles. The largest absolute Gasteiger partial charge is 0.459 e. The summed E-state index contributed by atoms with van der Waals surface area (Å²) in [5, 5.41) is 18.8. The van der Waals surface area contributed by atoms with E-state index in [0.717, 1.165) is 6.07 Å². The standard InChI is InChI=1S/C8H2F5N3O2/c9-6(10)4-1-3(2-14)5(8(11,12)13)15-7(4)16(17)18/h1,6H. The van der Waals surface area contributed by atoms with Crippen LogP contribution in [0.1, 0.15) is 23.2 Å². The first kappa shape index (κ1) is 13.8. The lowest BCUT2D eigenvalue weighted by Crippen LogP contribution is -2.14. The van der Waals surface area contributed by atoms with Crippen LogP contribution in [0.4, 0.5) is 27.8 Å². The average Bonchev–Trinajstić information content (AvgIpc) is 2.25. The van der Waals surface area contributed by atoms with Crippen molar-refractivity contribution in [2.75, 3.05) is 0 Å². The van der Waals surface area contributed by atoms with Gasteiger partial charge in [-0.05, 0) is 16.0 Å². The van der Waals surface area contributed by atoms with Crippen LogP contribution in [0.3, 0.4) is 0 Å². The molecular formula is C8H2F5N3O2. The molecule has 0 fully saturated rings. The van der Waals surface area contributed by atoms with E-state index in [4.69, 9.17) is 5.26 Å². The number of halogens is 5. The van der Waals surface area contributed by atoms with Gasteiger partial charge in [0, 0.05) is 0 Å². The van der Waals surface area contributed by atoms with Gasteiger partial charge in [-0.15, -0.1) is 0 Å². The third-order valence-corrected chi connectivity index (χ3v) is 1.83. The van der Waals surface area contributed by atoms with E-state index in [1.807, 2.05) is 0 Å². The van der Waals surface area contributed by atoms with Gasteiger partial charge in [-0.1, -0.05) is 0 Å². The molecule has 1 aromatic heterocycles. The van der Waals surface area contributed by atoms with Gasteiger partial charge in [0.15, 0.2) is 0 Å². The van der Waals surface area contributed by atoms with Crippen LogP contribution in [-0.4, -0.2) is 9.91 Å². The lowest BCUT2D eigenvalue weighted by atomic mass is 10.1. The Hall–Kier alpha value is -2.31. The normalized spacial score (nSPS) is 11.4. The maximum Gasteiger partial charge on any atom is 0.459 e. The highest BCUT2D eigenvalue weighted by atomic mass is 19.4. The second-order valence-corrected chi connectivity index (χ2v) is 2.96. The van der Waals surface area contributed by atoms with Gasteiger partial charge in [-0.2, -0.15) is 18.4 Å². The number of alkyl halides is 5. The van der Waals surface area contributed by atoms with E-state index in [1.165, 1.54) is 0 Å². The van der Waals surface area contributed by atoms with Crippen LogP contribution in [0.2, 0.25) is 0 Å². The molecular weight excluding hydrogens is 265 g/mol. The predicted octanol–water partition coefficient (Wildman–Crippen LogP) is 2.82. The molecule has 0 saturated carbocycles. The highest BCUT2D eigenvalue weighted by Gasteiger charge is 2.43. The number of hydrogen-bond acceptors (Lipinski definition) is 4. The zero-order valence-corrected chi connectivity index (χ0v) is 8.20. The Kier molecular flexibility index (Phi) is 3.45. The van der Waals surface area contributed by atoms with Crippen molar-refractivity contribution >= 4 is 5.82 Å². The molecule has 1 heterocycles. The number of hydrogen-bond donors (Lipinski definition) is 0. The van der Waals surface area contributed by atoms with Crippen molar-refractivity contribution in [3.05, 3.63) is 33.0 Å².